The average Bonchev–Trinajstić information content (AvgIpc) is 3.58. The number of H-pyrrole nitrogens is 1. The second kappa shape index (κ2) is 12.7. The van der Waals surface area contributed by atoms with Crippen LogP contribution in [0.2, 0.25) is 0 Å². The Balaban J connectivity index is 1.39. The van der Waals surface area contributed by atoms with E-state index in [0.29, 0.717) is 5.39 Å². The summed E-state index contributed by atoms with van der Waals surface area (Å²) in [5.41, 5.74) is -3.44. The van der Waals surface area contributed by atoms with Gasteiger partial charge in [-0.25, -0.2) is 9.36 Å². The molecule has 0 bridgehead atoms. The van der Waals surface area contributed by atoms with Crippen LogP contribution in [-0.2, 0) is 23.4 Å². The van der Waals surface area contributed by atoms with E-state index in [1.165, 1.54) is 6.92 Å². The van der Waals surface area contributed by atoms with Crippen molar-refractivity contribution in [2.45, 2.75) is 82.1 Å². The fourth-order valence-corrected chi connectivity index (χ4v) is 7.01. The van der Waals surface area contributed by atoms with Crippen molar-refractivity contribution < 1.29 is 38.1 Å². The SMILES string of the molecule is CCC1(O)C(O)C(COP(=O)(NC(C)C(=O)OC2CCCC2)Oc2cccc3ccccc23)OC1n1ccc(=O)[nH]c1=O. The Hall–Kier alpha value is -3.32. The smallest absolute Gasteiger partial charge is 0.459 e. The normalized spacial score (nSPS) is 26.3. The van der Waals surface area contributed by atoms with E-state index in [2.05, 4.69) is 10.1 Å². The summed E-state index contributed by atoms with van der Waals surface area (Å²) in [6.07, 6.45) is 0.0972. The Kier molecular flexibility index (Phi) is 9.21. The topological polar surface area (TPSA) is 178 Å². The minimum Gasteiger partial charge on any atom is -0.461 e. The van der Waals surface area contributed by atoms with Gasteiger partial charge in [-0.2, -0.15) is 5.09 Å². The van der Waals surface area contributed by atoms with Crippen molar-refractivity contribution in [2.75, 3.05) is 6.61 Å². The number of fused-ring (bicyclic) bond motifs is 1. The van der Waals surface area contributed by atoms with Crippen molar-refractivity contribution in [3.63, 3.8) is 0 Å². The fourth-order valence-electron chi connectivity index (χ4n) is 5.49. The van der Waals surface area contributed by atoms with Gasteiger partial charge in [0.25, 0.3) is 5.56 Å². The predicted molar refractivity (Wildman–Crippen MR) is 156 cm³/mol. The first-order valence-corrected chi connectivity index (χ1v) is 15.8. The number of esters is 1. The maximum atomic E-state index is 14.3. The number of benzene rings is 2. The Bertz CT molecular complexity index is 1610. The molecule has 1 saturated heterocycles. The molecule has 2 aromatic carbocycles. The lowest BCUT2D eigenvalue weighted by atomic mass is 9.91. The van der Waals surface area contributed by atoms with Gasteiger partial charge in [0.05, 0.1) is 6.61 Å². The average molecular weight is 618 g/mol. The first-order chi connectivity index (χ1) is 20.5. The molecule has 13 nitrogen and oxygen atoms in total. The van der Waals surface area contributed by atoms with Crippen molar-refractivity contribution in [1.29, 1.82) is 0 Å². The lowest BCUT2D eigenvalue weighted by molar-refractivity contribution is -0.150. The highest BCUT2D eigenvalue weighted by molar-refractivity contribution is 7.52. The van der Waals surface area contributed by atoms with Crippen LogP contribution in [0.1, 0.15) is 52.2 Å². The lowest BCUT2D eigenvalue weighted by Gasteiger charge is -2.30. The number of hydrogen-bond acceptors (Lipinski definition) is 10. The van der Waals surface area contributed by atoms with Gasteiger partial charge in [-0.3, -0.25) is 23.7 Å². The Morgan fingerprint density at radius 2 is 1.91 bits per heavy atom. The molecule has 0 amide bonds. The Labute approximate surface area is 247 Å². The molecule has 3 aromatic rings. The highest BCUT2D eigenvalue weighted by Crippen LogP contribution is 2.48. The molecule has 2 fully saturated rings. The Morgan fingerprint density at radius 3 is 2.63 bits per heavy atom. The van der Waals surface area contributed by atoms with Crippen LogP contribution in [0.3, 0.4) is 0 Å². The zero-order chi connectivity index (χ0) is 30.8. The molecule has 4 N–H and O–H groups in total. The van der Waals surface area contributed by atoms with Crippen LogP contribution in [0, 0.1) is 0 Å². The van der Waals surface area contributed by atoms with E-state index in [-0.39, 0.29) is 18.3 Å². The van der Waals surface area contributed by atoms with E-state index < -0.39 is 61.7 Å². The number of carbonyl (C=O) groups excluding carboxylic acids is 1. The molecule has 1 aromatic heterocycles. The number of ether oxygens (including phenoxy) is 2. The third-order valence-corrected chi connectivity index (χ3v) is 9.56. The summed E-state index contributed by atoms with van der Waals surface area (Å²) in [5, 5.41) is 26.5. The van der Waals surface area contributed by atoms with E-state index in [1.54, 1.807) is 31.2 Å². The monoisotopic (exact) mass is 617 g/mol. The van der Waals surface area contributed by atoms with Gasteiger partial charge in [0, 0.05) is 17.6 Å². The number of aliphatic hydroxyl groups excluding tert-OH is 1. The van der Waals surface area contributed by atoms with Crippen LogP contribution < -0.4 is 20.9 Å². The van der Waals surface area contributed by atoms with Crippen molar-refractivity contribution >= 4 is 24.5 Å². The van der Waals surface area contributed by atoms with Gasteiger partial charge in [0.2, 0.25) is 0 Å². The minimum absolute atomic E-state index is 0.0344. The largest absolute Gasteiger partial charge is 0.461 e. The quantitative estimate of drug-likeness (QED) is 0.184. The molecule has 1 saturated carbocycles. The van der Waals surface area contributed by atoms with Crippen LogP contribution in [0.25, 0.3) is 10.8 Å². The number of nitrogens with zero attached hydrogens (tertiary/aromatic N) is 1. The second-order valence-corrected chi connectivity index (χ2v) is 12.6. The van der Waals surface area contributed by atoms with E-state index in [9.17, 15) is 29.2 Å². The molecule has 1 aliphatic carbocycles. The molecule has 14 heteroatoms. The number of rotatable bonds is 11. The van der Waals surface area contributed by atoms with Crippen LogP contribution in [0.5, 0.6) is 5.75 Å². The van der Waals surface area contributed by atoms with E-state index in [4.69, 9.17) is 18.5 Å². The van der Waals surface area contributed by atoms with Gasteiger partial charge in [-0.15, -0.1) is 0 Å². The molecule has 6 atom stereocenters. The minimum atomic E-state index is -4.38. The number of nitrogens with one attached hydrogen (secondary N) is 2. The van der Waals surface area contributed by atoms with Gasteiger partial charge >= 0.3 is 19.4 Å². The first kappa shape index (κ1) is 31.1. The summed E-state index contributed by atoms with van der Waals surface area (Å²) in [5.74, 6) is -0.395. The molecule has 0 radical (unpaired) electrons. The van der Waals surface area contributed by atoms with Gasteiger partial charge < -0.3 is 24.2 Å². The molecule has 43 heavy (non-hydrogen) atoms. The summed E-state index contributed by atoms with van der Waals surface area (Å²) in [6, 6.07) is 12.5. The standard InChI is InChI=1S/C29H36N3O10P/c1-3-29(37)25(34)23(41-27(29)32-16-15-24(33)30-28(32)36)17-39-43(38,31-18(2)26(35)40-20-11-5-6-12-20)42-22-14-8-10-19-9-4-7-13-21(19)22/h4,7-10,13-16,18,20,23,25,27,34,37H,3,5-6,11-12,17H2,1-2H3,(H,31,38)(H,30,33,36). The van der Waals surface area contributed by atoms with Crippen LogP contribution in [0.15, 0.2) is 64.3 Å². The lowest BCUT2D eigenvalue weighted by Crippen LogP contribution is -2.48. The summed E-state index contributed by atoms with van der Waals surface area (Å²) >= 11 is 0. The molecule has 6 unspecified atom stereocenters. The predicted octanol–water partition coefficient (Wildman–Crippen LogP) is 2.76. The molecule has 232 valence electrons. The molecule has 2 heterocycles. The molecule has 0 spiro atoms. The number of aromatic nitrogens is 2. The van der Waals surface area contributed by atoms with Crippen molar-refractivity contribution in [1.82, 2.24) is 14.6 Å². The van der Waals surface area contributed by atoms with Crippen LogP contribution in [-0.4, -0.2) is 62.3 Å². The molecular formula is C29H36N3O10P. The summed E-state index contributed by atoms with van der Waals surface area (Å²) in [7, 11) is -4.38. The summed E-state index contributed by atoms with van der Waals surface area (Å²) in [6.45, 7) is 2.51. The fraction of sp³-hybridized carbons (Fsp3) is 0.483. The number of aliphatic hydroxyl groups is 2. The third-order valence-electron chi connectivity index (χ3n) is 7.93. The zero-order valence-corrected chi connectivity index (χ0v) is 24.8. The van der Waals surface area contributed by atoms with Crippen molar-refractivity contribution in [3.8, 4) is 5.75 Å². The molecule has 2 aliphatic rings. The van der Waals surface area contributed by atoms with Gasteiger partial charge in [-0.05, 0) is 50.5 Å². The highest BCUT2D eigenvalue weighted by Gasteiger charge is 2.56. The van der Waals surface area contributed by atoms with Gasteiger partial charge in [0.15, 0.2) is 6.23 Å². The van der Waals surface area contributed by atoms with E-state index in [0.717, 1.165) is 47.9 Å². The van der Waals surface area contributed by atoms with Crippen molar-refractivity contribution in [2.24, 2.45) is 0 Å². The third kappa shape index (κ3) is 6.62. The van der Waals surface area contributed by atoms with Gasteiger partial charge in [0.1, 0.15) is 35.7 Å². The zero-order valence-electron chi connectivity index (χ0n) is 23.9. The Morgan fingerprint density at radius 1 is 1.19 bits per heavy atom. The first-order valence-electron chi connectivity index (χ1n) is 14.3. The molecular weight excluding hydrogens is 581 g/mol. The maximum Gasteiger partial charge on any atom is 0.459 e. The van der Waals surface area contributed by atoms with Crippen LogP contribution in [0.4, 0.5) is 0 Å². The maximum absolute atomic E-state index is 14.3. The number of carbonyl (C=O) groups is 1. The number of hydrogen-bond donors (Lipinski definition) is 4. The summed E-state index contributed by atoms with van der Waals surface area (Å²) < 4.78 is 38.4. The van der Waals surface area contributed by atoms with E-state index >= 15 is 0 Å². The number of aromatic amines is 1. The molecule has 5 rings (SSSR count). The van der Waals surface area contributed by atoms with Crippen molar-refractivity contribution in [3.05, 3.63) is 75.6 Å². The second-order valence-electron chi connectivity index (χ2n) is 10.9. The van der Waals surface area contributed by atoms with Gasteiger partial charge in [-0.1, -0.05) is 43.3 Å². The van der Waals surface area contributed by atoms with Crippen LogP contribution >= 0.6 is 7.75 Å². The highest BCUT2D eigenvalue weighted by atomic mass is 31.2. The summed E-state index contributed by atoms with van der Waals surface area (Å²) in [4.78, 5) is 39.0. The molecule has 1 aliphatic heterocycles. The van der Waals surface area contributed by atoms with E-state index in [1.807, 2.05) is 18.2 Å².